The van der Waals surface area contributed by atoms with Crippen molar-refractivity contribution in [2.75, 3.05) is 31.8 Å². The third-order valence-electron chi connectivity index (χ3n) is 4.55. The van der Waals surface area contributed by atoms with Crippen LogP contribution in [0.2, 0.25) is 0 Å². The highest BCUT2D eigenvalue weighted by molar-refractivity contribution is 5.79. The molecule has 1 fully saturated rings. The normalized spacial score (nSPS) is 24.2. The minimum atomic E-state index is 0.148. The molecular weight excluding hydrogens is 262 g/mol. The van der Waals surface area contributed by atoms with Crippen LogP contribution in [0.15, 0.2) is 36.9 Å². The topological polar surface area (TPSA) is 21.7 Å². The number of hydrogen-bond acceptors (Lipinski definition) is 3. The van der Waals surface area contributed by atoms with Gasteiger partial charge in [0, 0.05) is 31.3 Å². The van der Waals surface area contributed by atoms with E-state index in [-0.39, 0.29) is 6.10 Å². The van der Waals surface area contributed by atoms with E-state index in [0.717, 1.165) is 42.9 Å². The number of hydrogen-bond donors (Lipinski definition) is 0. The number of anilines is 1. The molecule has 0 N–H and O–H groups in total. The molecule has 0 aromatic heterocycles. The molecule has 2 aliphatic heterocycles. The van der Waals surface area contributed by atoms with Gasteiger partial charge in [0.05, 0.1) is 25.4 Å². The van der Waals surface area contributed by atoms with Crippen LogP contribution in [0.4, 0.5) is 5.69 Å². The Bertz CT molecular complexity index is 579. The van der Waals surface area contributed by atoms with Gasteiger partial charge in [0.1, 0.15) is 0 Å². The van der Waals surface area contributed by atoms with Crippen molar-refractivity contribution in [2.45, 2.75) is 25.5 Å². The summed E-state index contributed by atoms with van der Waals surface area (Å²) in [5.74, 6) is 0. The highest BCUT2D eigenvalue weighted by Crippen LogP contribution is 2.41. The Labute approximate surface area is 126 Å². The van der Waals surface area contributed by atoms with Crippen LogP contribution in [0.25, 0.3) is 5.57 Å². The maximum Gasteiger partial charge on any atom is 0.0861 e. The van der Waals surface area contributed by atoms with E-state index in [1.807, 2.05) is 6.92 Å². The summed E-state index contributed by atoms with van der Waals surface area (Å²) in [7, 11) is 1.79. The minimum absolute atomic E-state index is 0.148. The van der Waals surface area contributed by atoms with Crippen LogP contribution < -0.4 is 4.90 Å². The molecule has 1 aromatic carbocycles. The van der Waals surface area contributed by atoms with Crippen molar-refractivity contribution < 1.29 is 9.47 Å². The molecule has 2 heterocycles. The van der Waals surface area contributed by atoms with Crippen molar-refractivity contribution in [2.24, 2.45) is 0 Å². The molecule has 0 bridgehead atoms. The first-order valence-electron chi connectivity index (χ1n) is 7.48. The maximum absolute atomic E-state index is 5.69. The Morgan fingerprint density at radius 3 is 2.90 bits per heavy atom. The minimum Gasteiger partial charge on any atom is -0.377 e. The number of morpholine rings is 1. The largest absolute Gasteiger partial charge is 0.377 e. The second kappa shape index (κ2) is 5.66. The molecule has 112 valence electrons. The van der Waals surface area contributed by atoms with Crippen molar-refractivity contribution in [3.8, 4) is 0 Å². The average molecular weight is 285 g/mol. The van der Waals surface area contributed by atoms with E-state index in [1.54, 1.807) is 7.11 Å². The van der Waals surface area contributed by atoms with E-state index >= 15 is 0 Å². The Morgan fingerprint density at radius 2 is 2.19 bits per heavy atom. The van der Waals surface area contributed by atoms with Gasteiger partial charge in [-0.15, -0.1) is 0 Å². The molecule has 2 aliphatic rings. The first-order chi connectivity index (χ1) is 10.1. The van der Waals surface area contributed by atoms with Crippen LogP contribution in [0, 0.1) is 0 Å². The Kier molecular flexibility index (Phi) is 3.87. The average Bonchev–Trinajstić information content (AvgIpc) is 2.52. The lowest BCUT2D eigenvalue weighted by atomic mass is 9.89. The zero-order chi connectivity index (χ0) is 15.0. The lowest BCUT2D eigenvalue weighted by molar-refractivity contribution is 0.0403. The van der Waals surface area contributed by atoms with Crippen LogP contribution >= 0.6 is 0 Å². The number of rotatable bonds is 3. The molecule has 0 aliphatic carbocycles. The lowest BCUT2D eigenvalue weighted by Crippen LogP contribution is -2.49. The van der Waals surface area contributed by atoms with Crippen LogP contribution in [-0.4, -0.2) is 32.9 Å². The summed E-state index contributed by atoms with van der Waals surface area (Å²) in [4.78, 5) is 2.46. The Morgan fingerprint density at radius 1 is 1.38 bits per heavy atom. The molecule has 1 aromatic rings. The van der Waals surface area contributed by atoms with Crippen molar-refractivity contribution in [3.63, 3.8) is 0 Å². The molecule has 0 amide bonds. The predicted octanol–water partition coefficient (Wildman–Crippen LogP) is 3.57. The van der Waals surface area contributed by atoms with Crippen LogP contribution in [0.5, 0.6) is 0 Å². The van der Waals surface area contributed by atoms with Crippen LogP contribution in [0.3, 0.4) is 0 Å². The van der Waals surface area contributed by atoms with Crippen molar-refractivity contribution in [1.82, 2.24) is 0 Å². The number of ether oxygens (including phenoxy) is 2. The summed E-state index contributed by atoms with van der Waals surface area (Å²) >= 11 is 0. The van der Waals surface area contributed by atoms with Crippen molar-refractivity contribution in [3.05, 3.63) is 48.1 Å². The summed E-state index contributed by atoms with van der Waals surface area (Å²) < 4.78 is 11.3. The highest BCUT2D eigenvalue weighted by Gasteiger charge is 2.34. The molecule has 0 radical (unpaired) electrons. The first-order valence-corrected chi connectivity index (χ1v) is 7.48. The molecule has 1 saturated heterocycles. The van der Waals surface area contributed by atoms with Gasteiger partial charge in [0.2, 0.25) is 0 Å². The van der Waals surface area contributed by atoms with E-state index in [4.69, 9.17) is 9.47 Å². The SMILES string of the molecule is C=C(C)C(=C)c1ccc2c(c1)N1CCOCC1CC2OC. The number of allylic oxidation sites excluding steroid dienone is 2. The van der Waals surface area contributed by atoms with Crippen LogP contribution in [0.1, 0.15) is 30.6 Å². The van der Waals surface area contributed by atoms with E-state index < -0.39 is 0 Å². The van der Waals surface area contributed by atoms with Gasteiger partial charge in [-0.1, -0.05) is 30.9 Å². The third-order valence-corrected chi connectivity index (χ3v) is 4.55. The van der Waals surface area contributed by atoms with E-state index in [2.05, 4.69) is 36.3 Å². The van der Waals surface area contributed by atoms with E-state index in [0.29, 0.717) is 6.04 Å². The van der Waals surface area contributed by atoms with Gasteiger partial charge in [-0.2, -0.15) is 0 Å². The Balaban J connectivity index is 2.04. The summed E-state index contributed by atoms with van der Waals surface area (Å²) in [6.45, 7) is 12.7. The molecule has 2 atom stereocenters. The molecule has 3 rings (SSSR count). The Hall–Kier alpha value is -1.58. The second-order valence-corrected chi connectivity index (χ2v) is 5.91. The van der Waals surface area contributed by atoms with Gasteiger partial charge in [-0.05, 0) is 24.1 Å². The smallest absolute Gasteiger partial charge is 0.0861 e. The molecule has 0 spiro atoms. The second-order valence-electron chi connectivity index (χ2n) is 5.91. The zero-order valence-corrected chi connectivity index (χ0v) is 12.9. The van der Waals surface area contributed by atoms with Gasteiger partial charge >= 0.3 is 0 Å². The zero-order valence-electron chi connectivity index (χ0n) is 12.9. The maximum atomic E-state index is 5.69. The van der Waals surface area contributed by atoms with Gasteiger partial charge in [0.15, 0.2) is 0 Å². The van der Waals surface area contributed by atoms with Gasteiger partial charge < -0.3 is 14.4 Å². The van der Waals surface area contributed by atoms with Crippen LogP contribution in [-0.2, 0) is 9.47 Å². The summed E-state index contributed by atoms with van der Waals surface area (Å²) in [5.41, 5.74) is 5.69. The number of methoxy groups -OCH3 is 1. The molecular formula is C18H23NO2. The monoisotopic (exact) mass is 285 g/mol. The number of nitrogens with zero attached hydrogens (tertiary/aromatic N) is 1. The molecule has 2 unspecified atom stereocenters. The highest BCUT2D eigenvalue weighted by atomic mass is 16.5. The fourth-order valence-corrected chi connectivity index (χ4v) is 3.26. The van der Waals surface area contributed by atoms with Gasteiger partial charge in [-0.25, -0.2) is 0 Å². The fourth-order valence-electron chi connectivity index (χ4n) is 3.26. The molecule has 0 saturated carbocycles. The molecule has 21 heavy (non-hydrogen) atoms. The summed E-state index contributed by atoms with van der Waals surface area (Å²) in [6, 6.07) is 6.95. The van der Waals surface area contributed by atoms with E-state index in [1.165, 1.54) is 11.3 Å². The van der Waals surface area contributed by atoms with Crippen molar-refractivity contribution in [1.29, 1.82) is 0 Å². The quantitative estimate of drug-likeness (QED) is 0.792. The third kappa shape index (κ3) is 2.52. The fraction of sp³-hybridized carbons (Fsp3) is 0.444. The van der Waals surface area contributed by atoms with Gasteiger partial charge in [0.25, 0.3) is 0 Å². The van der Waals surface area contributed by atoms with E-state index in [9.17, 15) is 0 Å². The standard InChI is InChI=1S/C18H23NO2/c1-12(2)13(3)14-5-6-16-17(9-14)19-7-8-21-11-15(19)10-18(16)20-4/h5-6,9,15,18H,1,3,7-8,10-11H2,2,4H3. The van der Waals surface area contributed by atoms with Crippen molar-refractivity contribution >= 4 is 11.3 Å². The summed E-state index contributed by atoms with van der Waals surface area (Å²) in [5, 5.41) is 0. The molecule has 3 nitrogen and oxygen atoms in total. The van der Waals surface area contributed by atoms with Gasteiger partial charge in [-0.3, -0.25) is 0 Å². The molecule has 3 heteroatoms. The number of benzene rings is 1. The summed E-state index contributed by atoms with van der Waals surface area (Å²) in [6.07, 6.45) is 1.14. The lowest BCUT2D eigenvalue weighted by Gasteiger charge is -2.44. The first kappa shape index (κ1) is 14.4. The number of fused-ring (bicyclic) bond motifs is 3. The predicted molar refractivity (Wildman–Crippen MR) is 86.6 cm³/mol.